The molecular weight excluding hydrogens is 264 g/mol. The van der Waals surface area contributed by atoms with E-state index in [2.05, 4.69) is 10.3 Å². The van der Waals surface area contributed by atoms with Crippen molar-refractivity contribution in [2.45, 2.75) is 32.4 Å². The summed E-state index contributed by atoms with van der Waals surface area (Å²) in [7, 11) is 0. The maximum atomic E-state index is 12.2. The largest absolute Gasteiger partial charge is 0.481 e. The predicted molar refractivity (Wildman–Crippen MR) is 81.9 cm³/mol. The lowest BCUT2D eigenvalue weighted by molar-refractivity contribution is -0.128. The molecule has 0 spiro atoms. The molecule has 1 N–H and O–H groups in total. The Morgan fingerprint density at radius 1 is 1.19 bits per heavy atom. The quantitative estimate of drug-likeness (QED) is 0.886. The van der Waals surface area contributed by atoms with Crippen LogP contribution in [0.3, 0.4) is 0 Å². The average Bonchev–Trinajstić information content (AvgIpc) is 2.54. The number of nitrogens with zero attached hydrogens (tertiary/aromatic N) is 1. The van der Waals surface area contributed by atoms with Crippen LogP contribution >= 0.6 is 0 Å². The molecule has 0 bridgehead atoms. The Bertz CT molecular complexity index is 558. The van der Waals surface area contributed by atoms with Crippen molar-refractivity contribution in [2.75, 3.05) is 0 Å². The fourth-order valence-electron chi connectivity index (χ4n) is 2.06. The van der Waals surface area contributed by atoms with Crippen LogP contribution in [0.1, 0.15) is 31.9 Å². The Hall–Kier alpha value is -2.36. The highest BCUT2D eigenvalue weighted by Gasteiger charge is 2.19. The Labute approximate surface area is 125 Å². The van der Waals surface area contributed by atoms with Gasteiger partial charge in [0.25, 0.3) is 5.91 Å². The first-order chi connectivity index (χ1) is 10.2. The number of carbonyl (C=O) groups is 1. The minimum absolute atomic E-state index is 0.0256. The second kappa shape index (κ2) is 7.43. The number of rotatable bonds is 6. The van der Waals surface area contributed by atoms with Gasteiger partial charge in [-0.1, -0.05) is 25.1 Å². The van der Waals surface area contributed by atoms with Crippen LogP contribution in [0.4, 0.5) is 0 Å². The zero-order chi connectivity index (χ0) is 15.1. The Balaban J connectivity index is 1.96. The summed E-state index contributed by atoms with van der Waals surface area (Å²) in [6, 6.07) is 13.1. The Morgan fingerprint density at radius 3 is 2.48 bits per heavy atom. The predicted octanol–water partition coefficient (Wildman–Crippen LogP) is 3.12. The molecule has 110 valence electrons. The summed E-state index contributed by atoms with van der Waals surface area (Å²) in [5.41, 5.74) is 1.05. The highest BCUT2D eigenvalue weighted by atomic mass is 16.5. The molecule has 2 rings (SSSR count). The van der Waals surface area contributed by atoms with Crippen molar-refractivity contribution >= 4 is 5.91 Å². The molecule has 1 amide bonds. The average molecular weight is 284 g/mol. The van der Waals surface area contributed by atoms with Gasteiger partial charge in [-0.25, -0.2) is 0 Å². The van der Waals surface area contributed by atoms with Crippen LogP contribution in [0.5, 0.6) is 5.75 Å². The molecule has 0 aliphatic rings. The molecule has 2 atom stereocenters. The third kappa shape index (κ3) is 4.31. The number of pyridine rings is 1. The first-order valence-corrected chi connectivity index (χ1v) is 7.12. The van der Waals surface area contributed by atoms with Crippen molar-refractivity contribution in [3.8, 4) is 5.75 Å². The molecule has 2 aromatic rings. The number of carbonyl (C=O) groups excluding carboxylic acids is 1. The molecule has 1 aromatic heterocycles. The fraction of sp³-hybridized carbons (Fsp3) is 0.294. The Kier molecular flexibility index (Phi) is 5.32. The zero-order valence-corrected chi connectivity index (χ0v) is 12.3. The van der Waals surface area contributed by atoms with Crippen LogP contribution in [0, 0.1) is 0 Å². The van der Waals surface area contributed by atoms with E-state index in [9.17, 15) is 4.79 Å². The molecule has 0 radical (unpaired) electrons. The number of para-hydroxylation sites is 1. The van der Waals surface area contributed by atoms with E-state index >= 15 is 0 Å². The minimum Gasteiger partial charge on any atom is -0.481 e. The number of ether oxygens (including phenoxy) is 1. The number of amides is 1. The SMILES string of the molecule is CCC(NC(=O)C(C)Oc1ccccc1)c1ccncc1. The van der Waals surface area contributed by atoms with Crippen LogP contribution in [0.15, 0.2) is 54.9 Å². The van der Waals surface area contributed by atoms with Gasteiger partial charge in [0.15, 0.2) is 6.10 Å². The van der Waals surface area contributed by atoms with Crippen molar-refractivity contribution in [2.24, 2.45) is 0 Å². The number of hydrogen-bond acceptors (Lipinski definition) is 3. The van der Waals surface area contributed by atoms with Gasteiger partial charge in [-0.15, -0.1) is 0 Å². The lowest BCUT2D eigenvalue weighted by atomic mass is 10.1. The van der Waals surface area contributed by atoms with Crippen LogP contribution in [0.2, 0.25) is 0 Å². The molecule has 21 heavy (non-hydrogen) atoms. The maximum absolute atomic E-state index is 12.2. The summed E-state index contributed by atoms with van der Waals surface area (Å²) >= 11 is 0. The summed E-state index contributed by atoms with van der Waals surface area (Å²) in [6.45, 7) is 3.79. The third-order valence-electron chi connectivity index (χ3n) is 3.26. The molecular formula is C17H20N2O2. The molecule has 0 saturated carbocycles. The van der Waals surface area contributed by atoms with E-state index in [0.717, 1.165) is 12.0 Å². The Morgan fingerprint density at radius 2 is 1.86 bits per heavy atom. The molecule has 4 nitrogen and oxygen atoms in total. The standard InChI is InChI=1S/C17H20N2O2/c1-3-16(14-9-11-18-12-10-14)19-17(20)13(2)21-15-7-5-4-6-8-15/h4-13,16H,3H2,1-2H3,(H,19,20). The molecule has 1 aromatic carbocycles. The maximum Gasteiger partial charge on any atom is 0.261 e. The number of benzene rings is 1. The summed E-state index contributed by atoms with van der Waals surface area (Å²) in [5.74, 6) is 0.569. The van der Waals surface area contributed by atoms with Crippen LogP contribution < -0.4 is 10.1 Å². The second-order valence-electron chi connectivity index (χ2n) is 4.82. The van der Waals surface area contributed by atoms with Crippen LogP contribution in [-0.4, -0.2) is 17.0 Å². The smallest absolute Gasteiger partial charge is 0.261 e. The molecule has 4 heteroatoms. The van der Waals surface area contributed by atoms with Crippen LogP contribution in [0.25, 0.3) is 0 Å². The van der Waals surface area contributed by atoms with Gasteiger partial charge in [0.2, 0.25) is 0 Å². The molecule has 1 heterocycles. The number of aromatic nitrogens is 1. The van der Waals surface area contributed by atoms with E-state index in [1.807, 2.05) is 49.4 Å². The lowest BCUT2D eigenvalue weighted by Crippen LogP contribution is -2.38. The molecule has 0 aliphatic carbocycles. The number of nitrogens with one attached hydrogen (secondary N) is 1. The second-order valence-corrected chi connectivity index (χ2v) is 4.82. The molecule has 0 fully saturated rings. The van der Waals surface area contributed by atoms with Gasteiger partial charge in [0, 0.05) is 12.4 Å². The summed E-state index contributed by atoms with van der Waals surface area (Å²) < 4.78 is 5.63. The fourth-order valence-corrected chi connectivity index (χ4v) is 2.06. The van der Waals surface area contributed by atoms with E-state index in [1.54, 1.807) is 19.3 Å². The normalized spacial score (nSPS) is 13.2. The molecule has 0 aliphatic heterocycles. The first-order valence-electron chi connectivity index (χ1n) is 7.12. The summed E-state index contributed by atoms with van der Waals surface area (Å²) in [4.78, 5) is 16.2. The highest BCUT2D eigenvalue weighted by Crippen LogP contribution is 2.16. The van der Waals surface area contributed by atoms with Gasteiger partial charge in [-0.05, 0) is 43.2 Å². The van der Waals surface area contributed by atoms with E-state index in [1.165, 1.54) is 0 Å². The van der Waals surface area contributed by atoms with Gasteiger partial charge >= 0.3 is 0 Å². The van der Waals surface area contributed by atoms with Gasteiger partial charge in [0.05, 0.1) is 6.04 Å². The van der Waals surface area contributed by atoms with E-state index in [-0.39, 0.29) is 11.9 Å². The van der Waals surface area contributed by atoms with Crippen LogP contribution in [-0.2, 0) is 4.79 Å². The third-order valence-corrected chi connectivity index (χ3v) is 3.26. The van der Waals surface area contributed by atoms with Gasteiger partial charge in [-0.2, -0.15) is 0 Å². The van der Waals surface area contributed by atoms with Crippen molar-refractivity contribution in [3.63, 3.8) is 0 Å². The zero-order valence-electron chi connectivity index (χ0n) is 12.3. The van der Waals surface area contributed by atoms with E-state index in [4.69, 9.17) is 4.74 Å². The van der Waals surface area contributed by atoms with Crippen molar-refractivity contribution in [3.05, 3.63) is 60.4 Å². The van der Waals surface area contributed by atoms with Crippen molar-refractivity contribution in [1.82, 2.24) is 10.3 Å². The van der Waals surface area contributed by atoms with Gasteiger partial charge in [0.1, 0.15) is 5.75 Å². The highest BCUT2D eigenvalue weighted by molar-refractivity contribution is 5.81. The van der Waals surface area contributed by atoms with E-state index in [0.29, 0.717) is 5.75 Å². The topological polar surface area (TPSA) is 51.2 Å². The van der Waals surface area contributed by atoms with Crippen molar-refractivity contribution in [1.29, 1.82) is 0 Å². The van der Waals surface area contributed by atoms with Gasteiger partial charge in [-0.3, -0.25) is 9.78 Å². The van der Waals surface area contributed by atoms with E-state index < -0.39 is 6.10 Å². The van der Waals surface area contributed by atoms with Gasteiger partial charge < -0.3 is 10.1 Å². The molecule has 0 saturated heterocycles. The first kappa shape index (κ1) is 15.0. The summed E-state index contributed by atoms with van der Waals surface area (Å²) in [6.07, 6.45) is 3.74. The summed E-state index contributed by atoms with van der Waals surface area (Å²) in [5, 5.41) is 3.01. The minimum atomic E-state index is -0.539. The van der Waals surface area contributed by atoms with Crippen molar-refractivity contribution < 1.29 is 9.53 Å². The number of hydrogen-bond donors (Lipinski definition) is 1. The molecule has 2 unspecified atom stereocenters. The monoisotopic (exact) mass is 284 g/mol. The lowest BCUT2D eigenvalue weighted by Gasteiger charge is -2.20.